The van der Waals surface area contributed by atoms with Gasteiger partial charge in [0.1, 0.15) is 12.4 Å². The predicted molar refractivity (Wildman–Crippen MR) is 98.7 cm³/mol. The predicted octanol–water partition coefficient (Wildman–Crippen LogP) is 2.63. The van der Waals surface area contributed by atoms with Gasteiger partial charge in [0.15, 0.2) is 0 Å². The molecule has 4 nitrogen and oxygen atoms in total. The zero-order valence-corrected chi connectivity index (χ0v) is 14.5. The van der Waals surface area contributed by atoms with Crippen LogP contribution in [-0.2, 0) is 6.61 Å². The Bertz CT molecular complexity index is 586. The Morgan fingerprint density at radius 3 is 2.29 bits per heavy atom. The average Bonchev–Trinajstić information content (AvgIpc) is 2.63. The first-order chi connectivity index (χ1) is 11.4. The second-order valence-electron chi connectivity index (χ2n) is 5.83. The van der Waals surface area contributed by atoms with E-state index in [4.69, 9.17) is 4.74 Å². The van der Waals surface area contributed by atoms with Crippen LogP contribution in [0.4, 0.5) is 0 Å². The number of aliphatic hydroxyl groups excluding tert-OH is 1. The van der Waals surface area contributed by atoms with Gasteiger partial charge in [0.25, 0.3) is 0 Å². The number of ether oxygens (including phenoxy) is 1. The average molecular weight is 349 g/mol. The van der Waals surface area contributed by atoms with Crippen LogP contribution in [0.1, 0.15) is 17.2 Å². The number of rotatable bonds is 6. The molecule has 2 aromatic carbocycles. The fraction of sp³-hybridized carbons (Fsp3) is 0.368. The largest absolute Gasteiger partial charge is 0.489 e. The Morgan fingerprint density at radius 1 is 1.00 bits per heavy atom. The van der Waals surface area contributed by atoms with Crippen molar-refractivity contribution in [2.24, 2.45) is 0 Å². The highest BCUT2D eigenvalue weighted by Gasteiger charge is 2.21. The van der Waals surface area contributed by atoms with Crippen LogP contribution in [0, 0.1) is 0 Å². The van der Waals surface area contributed by atoms with Crippen molar-refractivity contribution in [1.82, 2.24) is 10.2 Å². The van der Waals surface area contributed by atoms with Crippen molar-refractivity contribution in [2.45, 2.75) is 12.6 Å². The molecule has 1 fully saturated rings. The molecule has 0 radical (unpaired) electrons. The van der Waals surface area contributed by atoms with E-state index in [1.54, 1.807) is 0 Å². The van der Waals surface area contributed by atoms with E-state index >= 15 is 0 Å². The van der Waals surface area contributed by atoms with Crippen LogP contribution in [-0.4, -0.2) is 42.8 Å². The van der Waals surface area contributed by atoms with Gasteiger partial charge in [0.2, 0.25) is 0 Å². The van der Waals surface area contributed by atoms with Gasteiger partial charge in [-0.25, -0.2) is 0 Å². The lowest BCUT2D eigenvalue weighted by molar-refractivity contribution is 0.111. The molecule has 24 heavy (non-hydrogen) atoms. The fourth-order valence-corrected chi connectivity index (χ4v) is 2.95. The summed E-state index contributed by atoms with van der Waals surface area (Å²) < 4.78 is 5.82. The first-order valence-corrected chi connectivity index (χ1v) is 8.19. The van der Waals surface area contributed by atoms with Gasteiger partial charge in [0, 0.05) is 26.2 Å². The molecule has 3 rings (SSSR count). The van der Waals surface area contributed by atoms with E-state index in [1.807, 2.05) is 30.3 Å². The first-order valence-electron chi connectivity index (χ1n) is 8.19. The summed E-state index contributed by atoms with van der Waals surface area (Å²) in [6.07, 6.45) is 0. The van der Waals surface area contributed by atoms with Gasteiger partial charge < -0.3 is 15.2 Å². The van der Waals surface area contributed by atoms with Crippen LogP contribution in [0.2, 0.25) is 0 Å². The zero-order chi connectivity index (χ0) is 15.9. The first kappa shape index (κ1) is 18.7. The fourth-order valence-electron chi connectivity index (χ4n) is 2.95. The minimum Gasteiger partial charge on any atom is -0.489 e. The summed E-state index contributed by atoms with van der Waals surface area (Å²) in [6, 6.07) is 18.3. The molecule has 0 saturated carbocycles. The maximum Gasteiger partial charge on any atom is 0.119 e. The Labute approximate surface area is 149 Å². The van der Waals surface area contributed by atoms with Gasteiger partial charge in [-0.05, 0) is 23.3 Å². The minimum atomic E-state index is 0. The molecular formula is C19H25ClN2O2. The van der Waals surface area contributed by atoms with Crippen molar-refractivity contribution in [3.05, 3.63) is 65.7 Å². The lowest BCUT2D eigenvalue weighted by atomic mass is 10.1. The van der Waals surface area contributed by atoms with Gasteiger partial charge in [-0.3, -0.25) is 4.90 Å². The molecule has 2 aromatic rings. The summed E-state index contributed by atoms with van der Waals surface area (Å²) in [5.41, 5.74) is 2.30. The number of halogens is 1. The molecule has 1 aliphatic heterocycles. The van der Waals surface area contributed by atoms with Crippen molar-refractivity contribution in [1.29, 1.82) is 0 Å². The van der Waals surface area contributed by atoms with E-state index < -0.39 is 0 Å². The third-order valence-corrected chi connectivity index (χ3v) is 4.28. The number of hydrogen-bond donors (Lipinski definition) is 2. The molecular weight excluding hydrogens is 324 g/mol. The van der Waals surface area contributed by atoms with Gasteiger partial charge in [0.05, 0.1) is 12.6 Å². The van der Waals surface area contributed by atoms with Gasteiger partial charge >= 0.3 is 0 Å². The Hall–Kier alpha value is -1.59. The molecule has 2 N–H and O–H groups in total. The highest BCUT2D eigenvalue weighted by atomic mass is 35.5. The third kappa shape index (κ3) is 4.95. The van der Waals surface area contributed by atoms with Gasteiger partial charge in [-0.15, -0.1) is 12.4 Å². The van der Waals surface area contributed by atoms with Crippen molar-refractivity contribution >= 4 is 12.4 Å². The lowest BCUT2D eigenvalue weighted by Crippen LogP contribution is -2.46. The lowest BCUT2D eigenvalue weighted by Gasteiger charge is -2.34. The number of benzene rings is 2. The molecule has 0 aromatic heterocycles. The summed E-state index contributed by atoms with van der Waals surface area (Å²) in [6.45, 7) is 4.62. The summed E-state index contributed by atoms with van der Waals surface area (Å²) in [4.78, 5) is 2.33. The summed E-state index contributed by atoms with van der Waals surface area (Å²) >= 11 is 0. The van der Waals surface area contributed by atoms with Crippen LogP contribution >= 0.6 is 12.4 Å². The summed E-state index contributed by atoms with van der Waals surface area (Å²) in [7, 11) is 0. The SMILES string of the molecule is Cl.OC[C@H](c1ccc(OCc2ccccc2)cc1)N1CCNCC1. The molecule has 1 aliphatic rings. The Kier molecular flexibility index (Phi) is 7.53. The smallest absolute Gasteiger partial charge is 0.119 e. The van der Waals surface area contributed by atoms with E-state index in [-0.39, 0.29) is 25.1 Å². The van der Waals surface area contributed by atoms with Crippen molar-refractivity contribution in [3.8, 4) is 5.75 Å². The van der Waals surface area contributed by atoms with E-state index in [0.717, 1.165) is 43.1 Å². The van der Waals surface area contributed by atoms with Crippen molar-refractivity contribution < 1.29 is 9.84 Å². The summed E-state index contributed by atoms with van der Waals surface area (Å²) in [5.74, 6) is 0.856. The normalized spacial score (nSPS) is 16.2. The minimum absolute atomic E-state index is 0. The van der Waals surface area contributed by atoms with Crippen LogP contribution in [0.3, 0.4) is 0 Å². The van der Waals surface area contributed by atoms with Crippen LogP contribution in [0.25, 0.3) is 0 Å². The molecule has 1 atom stereocenters. The molecule has 0 spiro atoms. The molecule has 5 heteroatoms. The highest BCUT2D eigenvalue weighted by Crippen LogP contribution is 2.23. The van der Waals surface area contributed by atoms with Gasteiger partial charge in [-0.1, -0.05) is 42.5 Å². The number of nitrogens with one attached hydrogen (secondary N) is 1. The zero-order valence-electron chi connectivity index (χ0n) is 13.7. The second-order valence-corrected chi connectivity index (χ2v) is 5.83. The highest BCUT2D eigenvalue weighted by molar-refractivity contribution is 5.85. The maximum atomic E-state index is 9.76. The molecule has 1 heterocycles. The van der Waals surface area contributed by atoms with E-state index in [9.17, 15) is 5.11 Å². The number of hydrogen-bond acceptors (Lipinski definition) is 4. The monoisotopic (exact) mass is 348 g/mol. The Balaban J connectivity index is 0.00000208. The summed E-state index contributed by atoms with van der Waals surface area (Å²) in [5, 5.41) is 13.1. The van der Waals surface area contributed by atoms with E-state index in [2.05, 4.69) is 34.5 Å². The maximum absolute atomic E-state index is 9.76. The topological polar surface area (TPSA) is 44.7 Å². The molecule has 0 amide bonds. The van der Waals surface area contributed by atoms with Crippen LogP contribution < -0.4 is 10.1 Å². The quantitative estimate of drug-likeness (QED) is 0.842. The molecule has 0 unspecified atom stereocenters. The Morgan fingerprint density at radius 2 is 1.67 bits per heavy atom. The van der Waals surface area contributed by atoms with Crippen molar-refractivity contribution in [3.63, 3.8) is 0 Å². The number of aliphatic hydroxyl groups is 1. The van der Waals surface area contributed by atoms with Crippen molar-refractivity contribution in [2.75, 3.05) is 32.8 Å². The molecule has 0 bridgehead atoms. The number of piperazine rings is 1. The molecule has 0 aliphatic carbocycles. The second kappa shape index (κ2) is 9.64. The van der Waals surface area contributed by atoms with Crippen LogP contribution in [0.5, 0.6) is 5.75 Å². The van der Waals surface area contributed by atoms with Crippen LogP contribution in [0.15, 0.2) is 54.6 Å². The third-order valence-electron chi connectivity index (χ3n) is 4.28. The van der Waals surface area contributed by atoms with E-state index in [1.165, 1.54) is 0 Å². The molecule has 130 valence electrons. The molecule has 1 saturated heterocycles. The number of nitrogens with zero attached hydrogens (tertiary/aromatic N) is 1. The van der Waals surface area contributed by atoms with Gasteiger partial charge in [-0.2, -0.15) is 0 Å². The standard InChI is InChI=1S/C19H24N2O2.ClH/c22-14-19(21-12-10-20-11-13-21)17-6-8-18(9-7-17)23-15-16-4-2-1-3-5-16;/h1-9,19-20,22H,10-15H2;1H/t19-;/m1./s1. The van der Waals surface area contributed by atoms with E-state index in [0.29, 0.717) is 6.61 Å².